The topological polar surface area (TPSA) is 76.4 Å². The van der Waals surface area contributed by atoms with E-state index in [0.29, 0.717) is 17.3 Å². The summed E-state index contributed by atoms with van der Waals surface area (Å²) in [5.74, 6) is 1.13. The number of urea groups is 1. The fourth-order valence-electron chi connectivity index (χ4n) is 2.20. The summed E-state index contributed by atoms with van der Waals surface area (Å²) in [7, 11) is 0. The van der Waals surface area contributed by atoms with Crippen molar-refractivity contribution in [3.05, 3.63) is 54.1 Å². The van der Waals surface area contributed by atoms with E-state index in [9.17, 15) is 4.79 Å². The lowest BCUT2D eigenvalue weighted by molar-refractivity contribution is 0.181. The van der Waals surface area contributed by atoms with Gasteiger partial charge in [-0.3, -0.25) is 0 Å². The van der Waals surface area contributed by atoms with Gasteiger partial charge in [-0.15, -0.1) is 0 Å². The molecule has 0 heterocycles. The molecule has 0 aliphatic heterocycles. The molecule has 0 fully saturated rings. The highest BCUT2D eigenvalue weighted by molar-refractivity contribution is 5.89. The van der Waals surface area contributed by atoms with Crippen molar-refractivity contribution in [1.29, 1.82) is 0 Å². The van der Waals surface area contributed by atoms with E-state index in [1.54, 1.807) is 31.2 Å². The highest BCUT2D eigenvalue weighted by Crippen LogP contribution is 2.26. The smallest absolute Gasteiger partial charge is 0.322 e. The van der Waals surface area contributed by atoms with Crippen molar-refractivity contribution in [3.63, 3.8) is 0 Å². The van der Waals surface area contributed by atoms with Crippen molar-refractivity contribution in [2.75, 3.05) is 11.1 Å². The van der Waals surface area contributed by atoms with E-state index >= 15 is 0 Å². The monoisotopic (exact) mass is 313 g/mol. The predicted octanol–water partition coefficient (Wildman–Crippen LogP) is 3.94. The van der Waals surface area contributed by atoms with E-state index in [1.807, 2.05) is 24.3 Å². The lowest BCUT2D eigenvalue weighted by atomic mass is 10.0. The first kappa shape index (κ1) is 16.7. The van der Waals surface area contributed by atoms with Crippen LogP contribution in [-0.4, -0.2) is 12.3 Å². The number of amides is 2. The lowest BCUT2D eigenvalue weighted by Gasteiger charge is -2.20. The molecule has 0 saturated heterocycles. The molecule has 5 nitrogen and oxygen atoms in total. The molecule has 2 amide bonds. The van der Waals surface area contributed by atoms with Gasteiger partial charge in [-0.2, -0.15) is 0 Å². The number of rotatable bonds is 5. The number of anilines is 2. The molecule has 0 aliphatic carbocycles. The van der Waals surface area contributed by atoms with Gasteiger partial charge in [-0.25, -0.2) is 4.79 Å². The molecule has 1 atom stereocenters. The molecule has 5 heteroatoms. The van der Waals surface area contributed by atoms with Crippen molar-refractivity contribution in [1.82, 2.24) is 5.32 Å². The first-order valence-corrected chi connectivity index (χ1v) is 7.64. The second kappa shape index (κ2) is 7.54. The summed E-state index contributed by atoms with van der Waals surface area (Å²) in [5.41, 5.74) is 8.05. The molecule has 2 rings (SSSR count). The average Bonchev–Trinajstić information content (AvgIpc) is 2.49. The van der Waals surface area contributed by atoms with Gasteiger partial charge in [-0.05, 0) is 48.7 Å². The maximum absolute atomic E-state index is 12.0. The van der Waals surface area contributed by atoms with Crippen molar-refractivity contribution >= 4 is 17.4 Å². The van der Waals surface area contributed by atoms with Crippen molar-refractivity contribution in [2.24, 2.45) is 0 Å². The van der Waals surface area contributed by atoms with E-state index in [0.717, 1.165) is 11.3 Å². The number of carbonyl (C=O) groups excluding carboxylic acids is 1. The van der Waals surface area contributed by atoms with Crippen LogP contribution in [0, 0.1) is 0 Å². The molecule has 0 bridgehead atoms. The summed E-state index contributed by atoms with van der Waals surface area (Å²) >= 11 is 0. The molecule has 0 aliphatic rings. The number of nitrogens with one attached hydrogen (secondary N) is 2. The Hall–Kier alpha value is -2.69. The minimum absolute atomic E-state index is 0.329. The molecule has 122 valence electrons. The third kappa shape index (κ3) is 4.92. The standard InChI is InChI=1S/C18H23N3O2/c1-12(2)16-6-4-5-7-17(16)23-13(3)20-18(22)21-15-10-8-14(19)9-11-15/h4-13H,19H2,1-3H3,(H2,20,21,22). The van der Waals surface area contributed by atoms with Gasteiger partial charge in [0.1, 0.15) is 5.75 Å². The Morgan fingerprint density at radius 3 is 2.35 bits per heavy atom. The Morgan fingerprint density at radius 2 is 1.70 bits per heavy atom. The largest absolute Gasteiger partial charge is 0.471 e. The molecular formula is C18H23N3O2. The molecule has 1 unspecified atom stereocenters. The Balaban J connectivity index is 1.93. The maximum Gasteiger partial charge on any atom is 0.322 e. The summed E-state index contributed by atoms with van der Waals surface area (Å²) in [6, 6.07) is 14.5. The number of hydrogen-bond acceptors (Lipinski definition) is 3. The van der Waals surface area contributed by atoms with E-state index in [4.69, 9.17) is 10.5 Å². The first-order chi connectivity index (χ1) is 11.0. The molecule has 4 N–H and O–H groups in total. The molecule has 0 aromatic heterocycles. The predicted molar refractivity (Wildman–Crippen MR) is 93.6 cm³/mol. The highest BCUT2D eigenvalue weighted by atomic mass is 16.5. The van der Waals surface area contributed by atoms with Gasteiger partial charge >= 0.3 is 6.03 Å². The number of carbonyl (C=O) groups is 1. The quantitative estimate of drug-likeness (QED) is 0.578. The van der Waals surface area contributed by atoms with Gasteiger partial charge < -0.3 is 21.1 Å². The summed E-state index contributed by atoms with van der Waals surface area (Å²) in [4.78, 5) is 12.0. The van der Waals surface area contributed by atoms with Gasteiger partial charge in [0, 0.05) is 11.4 Å². The average molecular weight is 313 g/mol. The van der Waals surface area contributed by atoms with Crippen molar-refractivity contribution in [3.8, 4) is 5.75 Å². The number of para-hydroxylation sites is 1. The van der Waals surface area contributed by atoms with E-state index in [1.165, 1.54) is 0 Å². The number of ether oxygens (including phenoxy) is 1. The normalized spacial score (nSPS) is 11.8. The lowest BCUT2D eigenvalue weighted by Crippen LogP contribution is -2.39. The first-order valence-electron chi connectivity index (χ1n) is 7.64. The molecule has 2 aromatic carbocycles. The van der Waals surface area contributed by atoms with Crippen molar-refractivity contribution < 1.29 is 9.53 Å². The van der Waals surface area contributed by atoms with Crippen LogP contribution in [0.2, 0.25) is 0 Å². The number of hydrogen-bond donors (Lipinski definition) is 3. The fourth-order valence-corrected chi connectivity index (χ4v) is 2.20. The fraction of sp³-hybridized carbons (Fsp3) is 0.278. The highest BCUT2D eigenvalue weighted by Gasteiger charge is 2.12. The summed E-state index contributed by atoms with van der Waals surface area (Å²) < 4.78 is 5.84. The van der Waals surface area contributed by atoms with E-state index < -0.39 is 6.23 Å². The zero-order valence-corrected chi connectivity index (χ0v) is 13.7. The number of nitrogen functional groups attached to an aromatic ring is 1. The molecule has 0 radical (unpaired) electrons. The van der Waals surface area contributed by atoms with E-state index in [2.05, 4.69) is 24.5 Å². The minimum atomic E-state index is -0.455. The second-order valence-corrected chi connectivity index (χ2v) is 5.67. The van der Waals surface area contributed by atoms with Crippen LogP contribution in [0.3, 0.4) is 0 Å². The van der Waals surface area contributed by atoms with Gasteiger partial charge in [0.15, 0.2) is 6.23 Å². The van der Waals surface area contributed by atoms with Crippen molar-refractivity contribution in [2.45, 2.75) is 32.9 Å². The van der Waals surface area contributed by atoms with E-state index in [-0.39, 0.29) is 6.03 Å². The van der Waals surface area contributed by atoms with Gasteiger partial charge in [0.2, 0.25) is 0 Å². The van der Waals surface area contributed by atoms with Crippen LogP contribution in [0.15, 0.2) is 48.5 Å². The van der Waals surface area contributed by atoms with Crippen LogP contribution in [0.5, 0.6) is 5.75 Å². The third-order valence-corrected chi connectivity index (χ3v) is 3.35. The number of nitrogens with two attached hydrogens (primary N) is 1. The maximum atomic E-state index is 12.0. The van der Waals surface area contributed by atoms with Crippen LogP contribution >= 0.6 is 0 Å². The van der Waals surface area contributed by atoms with Gasteiger partial charge in [0.05, 0.1) is 0 Å². The Morgan fingerprint density at radius 1 is 1.04 bits per heavy atom. The zero-order chi connectivity index (χ0) is 16.8. The van der Waals surface area contributed by atoms with Crippen LogP contribution in [-0.2, 0) is 0 Å². The summed E-state index contributed by atoms with van der Waals surface area (Å²) in [6.07, 6.45) is -0.455. The van der Waals surface area contributed by atoms with Crippen LogP contribution in [0.1, 0.15) is 32.3 Å². The molecule has 0 spiro atoms. The van der Waals surface area contributed by atoms with Crippen LogP contribution in [0.25, 0.3) is 0 Å². The van der Waals surface area contributed by atoms with Gasteiger partial charge in [0.25, 0.3) is 0 Å². The summed E-state index contributed by atoms with van der Waals surface area (Å²) in [5, 5.41) is 5.49. The minimum Gasteiger partial charge on any atom is -0.471 e. The Labute approximate surface area is 136 Å². The Kier molecular flexibility index (Phi) is 5.46. The van der Waals surface area contributed by atoms with Crippen LogP contribution < -0.4 is 21.1 Å². The Bertz CT molecular complexity index is 654. The molecule has 2 aromatic rings. The third-order valence-electron chi connectivity index (χ3n) is 3.35. The second-order valence-electron chi connectivity index (χ2n) is 5.67. The summed E-state index contributed by atoms with van der Waals surface area (Å²) in [6.45, 7) is 6.00. The molecule has 23 heavy (non-hydrogen) atoms. The van der Waals surface area contributed by atoms with Gasteiger partial charge in [-0.1, -0.05) is 32.0 Å². The number of benzene rings is 2. The molecular weight excluding hydrogens is 290 g/mol. The zero-order valence-electron chi connectivity index (χ0n) is 13.7. The molecule has 0 saturated carbocycles. The SMILES string of the molecule is CC(NC(=O)Nc1ccc(N)cc1)Oc1ccccc1C(C)C. The van der Waals surface area contributed by atoms with Crippen LogP contribution in [0.4, 0.5) is 16.2 Å².